The van der Waals surface area contributed by atoms with E-state index >= 15 is 0 Å². The molecule has 0 unspecified atom stereocenters. The highest BCUT2D eigenvalue weighted by Crippen LogP contribution is 2.30. The van der Waals surface area contributed by atoms with Gasteiger partial charge in [0, 0.05) is 6.54 Å². The van der Waals surface area contributed by atoms with E-state index in [2.05, 4.69) is 5.32 Å². The van der Waals surface area contributed by atoms with E-state index in [1.165, 1.54) is 35.7 Å². The SMILES string of the molecule is COc1ccc(S(=O)(=O)N(Cc2ccccc2)c2ccccc2C(=O)NCc2ccc(F)cc2)cc1. The first-order valence-corrected chi connectivity index (χ1v) is 12.6. The van der Waals surface area contributed by atoms with E-state index in [1.807, 2.05) is 30.3 Å². The largest absolute Gasteiger partial charge is 0.497 e. The maximum absolute atomic E-state index is 13.8. The van der Waals surface area contributed by atoms with E-state index in [9.17, 15) is 17.6 Å². The van der Waals surface area contributed by atoms with Gasteiger partial charge < -0.3 is 10.1 Å². The predicted molar refractivity (Wildman–Crippen MR) is 137 cm³/mol. The number of hydrogen-bond acceptors (Lipinski definition) is 4. The number of sulfonamides is 1. The zero-order chi connectivity index (χ0) is 25.5. The molecule has 1 N–H and O–H groups in total. The van der Waals surface area contributed by atoms with Crippen molar-refractivity contribution in [3.63, 3.8) is 0 Å². The summed E-state index contributed by atoms with van der Waals surface area (Å²) in [6, 6.07) is 27.6. The van der Waals surface area contributed by atoms with E-state index in [4.69, 9.17) is 4.74 Å². The van der Waals surface area contributed by atoms with Gasteiger partial charge in [-0.25, -0.2) is 12.8 Å². The Labute approximate surface area is 210 Å². The number of ether oxygens (including phenoxy) is 1. The molecule has 1 amide bonds. The zero-order valence-corrected chi connectivity index (χ0v) is 20.4. The lowest BCUT2D eigenvalue weighted by Gasteiger charge is -2.26. The van der Waals surface area contributed by atoms with E-state index in [-0.39, 0.29) is 35.1 Å². The fourth-order valence-electron chi connectivity index (χ4n) is 3.69. The first kappa shape index (κ1) is 24.9. The summed E-state index contributed by atoms with van der Waals surface area (Å²) in [6.45, 7) is 0.189. The van der Waals surface area contributed by atoms with Crippen molar-refractivity contribution in [1.29, 1.82) is 0 Å². The Balaban J connectivity index is 1.71. The molecule has 0 saturated carbocycles. The third-order valence-corrected chi connectivity index (χ3v) is 7.37. The minimum atomic E-state index is -4.05. The predicted octanol–water partition coefficient (Wildman–Crippen LogP) is 5.16. The van der Waals surface area contributed by atoms with Crippen LogP contribution < -0.4 is 14.4 Å². The van der Waals surface area contributed by atoms with Crippen molar-refractivity contribution in [1.82, 2.24) is 5.32 Å². The number of carbonyl (C=O) groups is 1. The van der Waals surface area contributed by atoms with Crippen LogP contribution in [0.3, 0.4) is 0 Å². The number of amides is 1. The van der Waals surface area contributed by atoms with Crippen molar-refractivity contribution >= 4 is 21.6 Å². The highest BCUT2D eigenvalue weighted by Gasteiger charge is 2.28. The Kier molecular flexibility index (Phi) is 7.65. The minimum absolute atomic E-state index is 0.0253. The molecule has 0 aliphatic heterocycles. The molecular weight excluding hydrogens is 479 g/mol. The van der Waals surface area contributed by atoms with Gasteiger partial charge in [0.25, 0.3) is 15.9 Å². The Hall–Kier alpha value is -4.17. The highest BCUT2D eigenvalue weighted by atomic mass is 32.2. The lowest BCUT2D eigenvalue weighted by Crippen LogP contribution is -2.33. The van der Waals surface area contributed by atoms with Gasteiger partial charge in [-0.05, 0) is 59.7 Å². The average Bonchev–Trinajstić information content (AvgIpc) is 2.92. The zero-order valence-electron chi connectivity index (χ0n) is 19.6. The third kappa shape index (κ3) is 5.72. The molecule has 0 spiro atoms. The molecule has 4 aromatic carbocycles. The van der Waals surface area contributed by atoms with Crippen LogP contribution in [0.1, 0.15) is 21.5 Å². The summed E-state index contributed by atoms with van der Waals surface area (Å²) in [5.74, 6) is -0.280. The molecule has 0 saturated heterocycles. The van der Waals surface area contributed by atoms with Crippen molar-refractivity contribution < 1.29 is 22.3 Å². The molecule has 36 heavy (non-hydrogen) atoms. The van der Waals surface area contributed by atoms with Gasteiger partial charge in [-0.15, -0.1) is 0 Å². The monoisotopic (exact) mass is 504 g/mol. The summed E-state index contributed by atoms with van der Waals surface area (Å²) in [7, 11) is -2.54. The van der Waals surface area contributed by atoms with Gasteiger partial charge in [0.05, 0.1) is 29.8 Å². The number of halogens is 1. The van der Waals surface area contributed by atoms with Gasteiger partial charge >= 0.3 is 0 Å². The first-order chi connectivity index (χ1) is 17.4. The standard InChI is InChI=1S/C28H25FN2O4S/c1-35-24-15-17-25(18-16-24)36(33,34)31(20-22-7-3-2-4-8-22)27-10-6-5-9-26(27)28(32)30-19-21-11-13-23(29)14-12-21/h2-18H,19-20H2,1H3,(H,30,32). The number of rotatable bonds is 9. The molecule has 0 fully saturated rings. The van der Waals surface area contributed by atoms with Crippen LogP contribution in [0.2, 0.25) is 0 Å². The summed E-state index contributed by atoms with van der Waals surface area (Å²) in [4.78, 5) is 13.3. The maximum Gasteiger partial charge on any atom is 0.264 e. The Morgan fingerprint density at radius 1 is 0.833 bits per heavy atom. The minimum Gasteiger partial charge on any atom is -0.497 e. The number of methoxy groups -OCH3 is 1. The summed E-state index contributed by atoms with van der Waals surface area (Å²) in [6.07, 6.45) is 0. The number of carbonyl (C=O) groups excluding carboxylic acids is 1. The molecule has 0 aromatic heterocycles. The molecule has 184 valence electrons. The van der Waals surface area contributed by atoms with Gasteiger partial charge in [-0.1, -0.05) is 54.6 Å². The van der Waals surface area contributed by atoms with E-state index < -0.39 is 15.9 Å². The third-order valence-electron chi connectivity index (χ3n) is 5.60. The smallest absolute Gasteiger partial charge is 0.264 e. The molecular formula is C28H25FN2O4S. The van der Waals surface area contributed by atoms with Crippen LogP contribution >= 0.6 is 0 Å². The van der Waals surface area contributed by atoms with E-state index in [0.29, 0.717) is 11.3 Å². The molecule has 4 rings (SSSR count). The van der Waals surface area contributed by atoms with Crippen molar-refractivity contribution in [2.24, 2.45) is 0 Å². The van der Waals surface area contributed by atoms with Gasteiger partial charge in [0.2, 0.25) is 0 Å². The first-order valence-electron chi connectivity index (χ1n) is 11.2. The molecule has 6 nitrogen and oxygen atoms in total. The molecule has 0 heterocycles. The van der Waals surface area contributed by atoms with Crippen molar-refractivity contribution in [3.8, 4) is 5.75 Å². The van der Waals surface area contributed by atoms with Gasteiger partial charge in [0.1, 0.15) is 11.6 Å². The molecule has 0 bridgehead atoms. The van der Waals surface area contributed by atoms with Crippen LogP contribution in [-0.4, -0.2) is 21.4 Å². The second-order valence-corrected chi connectivity index (χ2v) is 9.86. The Morgan fingerprint density at radius 2 is 1.47 bits per heavy atom. The normalized spacial score (nSPS) is 11.1. The molecule has 0 aliphatic carbocycles. The fraction of sp³-hybridized carbons (Fsp3) is 0.107. The topological polar surface area (TPSA) is 75.7 Å². The van der Waals surface area contributed by atoms with Crippen molar-refractivity contribution in [2.75, 3.05) is 11.4 Å². The number of anilines is 1. The second-order valence-electron chi connectivity index (χ2n) is 8.00. The van der Waals surface area contributed by atoms with Crippen molar-refractivity contribution in [3.05, 3.63) is 126 Å². The summed E-state index contributed by atoms with van der Waals surface area (Å²) in [5, 5.41) is 2.80. The number of nitrogens with zero attached hydrogens (tertiary/aromatic N) is 1. The average molecular weight is 505 g/mol. The summed E-state index contributed by atoms with van der Waals surface area (Å²) in [5.41, 5.74) is 1.92. The van der Waals surface area contributed by atoms with Crippen molar-refractivity contribution in [2.45, 2.75) is 18.0 Å². The number of benzene rings is 4. The lowest BCUT2D eigenvalue weighted by molar-refractivity contribution is 0.0951. The van der Waals surface area contributed by atoms with E-state index in [1.54, 1.807) is 48.5 Å². The molecule has 0 atom stereocenters. The quantitative estimate of drug-likeness (QED) is 0.342. The number of nitrogens with one attached hydrogen (secondary N) is 1. The Morgan fingerprint density at radius 3 is 2.14 bits per heavy atom. The maximum atomic E-state index is 13.8. The molecule has 4 aromatic rings. The van der Waals surface area contributed by atoms with Gasteiger partial charge in [-0.2, -0.15) is 0 Å². The molecule has 0 radical (unpaired) electrons. The fourth-order valence-corrected chi connectivity index (χ4v) is 5.16. The molecule has 8 heteroatoms. The Bertz CT molecular complexity index is 1420. The summed E-state index contributed by atoms with van der Waals surface area (Å²) < 4.78 is 47.3. The van der Waals surface area contributed by atoms with E-state index in [0.717, 1.165) is 5.56 Å². The van der Waals surface area contributed by atoms with Crippen LogP contribution in [0, 0.1) is 5.82 Å². The van der Waals surface area contributed by atoms with Gasteiger partial charge in [0.15, 0.2) is 0 Å². The summed E-state index contributed by atoms with van der Waals surface area (Å²) >= 11 is 0. The molecule has 0 aliphatic rings. The van der Waals surface area contributed by atoms with Crippen LogP contribution in [0.25, 0.3) is 0 Å². The van der Waals surface area contributed by atoms with Crippen LogP contribution in [0.5, 0.6) is 5.75 Å². The highest BCUT2D eigenvalue weighted by molar-refractivity contribution is 7.92. The van der Waals surface area contributed by atoms with Crippen LogP contribution in [0.4, 0.5) is 10.1 Å². The number of para-hydroxylation sites is 1. The van der Waals surface area contributed by atoms with Crippen LogP contribution in [-0.2, 0) is 23.1 Å². The van der Waals surface area contributed by atoms with Gasteiger partial charge in [-0.3, -0.25) is 9.10 Å². The lowest BCUT2D eigenvalue weighted by atomic mass is 10.1. The van der Waals surface area contributed by atoms with Crippen LogP contribution in [0.15, 0.2) is 108 Å². The number of hydrogen-bond donors (Lipinski definition) is 1. The second kappa shape index (κ2) is 11.0.